The van der Waals surface area contributed by atoms with Crippen LogP contribution in [0.4, 0.5) is 0 Å². The molecule has 4 unspecified atom stereocenters. The molecule has 2 N–H and O–H groups in total. The fourth-order valence-corrected chi connectivity index (χ4v) is 4.70. The van der Waals surface area contributed by atoms with Gasteiger partial charge in [0, 0.05) is 37.2 Å². The van der Waals surface area contributed by atoms with E-state index in [-0.39, 0.29) is 42.7 Å². The Labute approximate surface area is 197 Å². The van der Waals surface area contributed by atoms with Crippen molar-refractivity contribution in [2.24, 2.45) is 11.8 Å². The smallest absolute Gasteiger partial charge is 0.243 e. The molecule has 3 rings (SSSR count). The quantitative estimate of drug-likeness (QED) is 0.638. The van der Waals surface area contributed by atoms with Gasteiger partial charge in [-0.05, 0) is 43.4 Å². The molecule has 1 aromatic heterocycles. The summed E-state index contributed by atoms with van der Waals surface area (Å²) in [4.78, 5) is 27.8. The number of β-amino-alcohol motifs (C(OH)–C–C–N with tert-alkyl or cyclic N) is 1. The molecule has 1 fully saturated rings. The molecule has 0 saturated carbocycles. The number of likely N-dealkylation sites (tertiary alicyclic amines) is 1. The lowest BCUT2D eigenvalue weighted by atomic mass is 9.92. The van der Waals surface area contributed by atoms with Crippen LogP contribution in [0.15, 0.2) is 30.5 Å². The first-order valence-corrected chi connectivity index (χ1v) is 12.1. The maximum Gasteiger partial charge on any atom is 0.243 e. The van der Waals surface area contributed by atoms with Crippen molar-refractivity contribution in [2.75, 3.05) is 6.54 Å². The van der Waals surface area contributed by atoms with Gasteiger partial charge in [0.25, 0.3) is 0 Å². The predicted octanol–water partition coefficient (Wildman–Crippen LogP) is 3.56. The predicted molar refractivity (Wildman–Crippen MR) is 129 cm³/mol. The number of rotatable bonds is 8. The zero-order valence-corrected chi connectivity index (χ0v) is 20.7. The third-order valence-electron chi connectivity index (χ3n) is 6.94. The molecule has 0 aliphatic carbocycles. The molecule has 7 heteroatoms. The molecule has 2 heterocycles. The number of nitrogens with zero attached hydrogens (tertiary/aromatic N) is 3. The summed E-state index contributed by atoms with van der Waals surface area (Å²) in [5.41, 5.74) is 4.41. The van der Waals surface area contributed by atoms with Gasteiger partial charge in [-0.3, -0.25) is 14.3 Å². The fraction of sp³-hybridized carbons (Fsp3) is 0.577. The van der Waals surface area contributed by atoms with Gasteiger partial charge in [0.1, 0.15) is 6.04 Å². The van der Waals surface area contributed by atoms with E-state index in [1.807, 2.05) is 56.8 Å². The van der Waals surface area contributed by atoms with Crippen LogP contribution in [0.2, 0.25) is 0 Å². The summed E-state index contributed by atoms with van der Waals surface area (Å²) in [5.74, 6) is -0.313. The Morgan fingerprint density at radius 2 is 1.91 bits per heavy atom. The Bertz CT molecular complexity index is 984. The van der Waals surface area contributed by atoms with Crippen molar-refractivity contribution in [3.63, 3.8) is 0 Å². The van der Waals surface area contributed by atoms with E-state index in [1.54, 1.807) is 4.90 Å². The highest BCUT2D eigenvalue weighted by atomic mass is 16.3. The number of amides is 2. The molecule has 2 aromatic rings. The van der Waals surface area contributed by atoms with Crippen LogP contribution in [0, 0.1) is 11.8 Å². The highest BCUT2D eigenvalue weighted by molar-refractivity contribution is 5.89. The van der Waals surface area contributed by atoms with E-state index < -0.39 is 12.1 Å². The molecule has 1 aliphatic rings. The first-order chi connectivity index (χ1) is 15.7. The number of aliphatic hydroxyl groups is 1. The third kappa shape index (κ3) is 5.13. The average Bonchev–Trinajstić information content (AvgIpc) is 3.43. The summed E-state index contributed by atoms with van der Waals surface area (Å²) in [6.45, 7) is 13.0. The van der Waals surface area contributed by atoms with Gasteiger partial charge in [-0.25, -0.2) is 0 Å². The molecule has 0 bridgehead atoms. The van der Waals surface area contributed by atoms with Gasteiger partial charge in [-0.1, -0.05) is 45.9 Å². The normalized spacial score (nSPS) is 20.2. The Morgan fingerprint density at radius 1 is 1.18 bits per heavy atom. The second-order valence-corrected chi connectivity index (χ2v) is 9.42. The number of hydrogen-bond acceptors (Lipinski definition) is 4. The van der Waals surface area contributed by atoms with Gasteiger partial charge < -0.3 is 15.3 Å². The number of aromatic nitrogens is 2. The van der Waals surface area contributed by atoms with Crippen LogP contribution in [0.25, 0.3) is 11.3 Å². The van der Waals surface area contributed by atoms with Crippen LogP contribution in [-0.2, 0) is 22.6 Å². The maximum absolute atomic E-state index is 13.3. The Balaban J connectivity index is 1.83. The van der Waals surface area contributed by atoms with Crippen LogP contribution in [0.5, 0.6) is 0 Å². The Kier molecular flexibility index (Phi) is 7.95. The van der Waals surface area contributed by atoms with Crippen molar-refractivity contribution in [1.29, 1.82) is 0 Å². The van der Waals surface area contributed by atoms with E-state index >= 15 is 0 Å². The highest BCUT2D eigenvalue weighted by Gasteiger charge is 2.41. The van der Waals surface area contributed by atoms with Crippen molar-refractivity contribution in [3.05, 3.63) is 41.6 Å². The lowest BCUT2D eigenvalue weighted by Gasteiger charge is -2.29. The fourth-order valence-electron chi connectivity index (χ4n) is 4.70. The standard InChI is InChI=1S/C26H38N4O3/c1-7-20-21(10-9-11-22(20)23-12-13-27-30(23)8-2)18(6)28-25(32)24-14-19(31)15-29(24)26(33)17(5)16(3)4/h9-13,16-19,24,31H,7-8,14-15H2,1-6H3,(H,28,32). The summed E-state index contributed by atoms with van der Waals surface area (Å²) < 4.78 is 1.97. The SMILES string of the molecule is CCc1c(-c2ccnn2CC)cccc1C(C)NC(=O)C1CC(O)CN1C(=O)C(C)C(C)C. The Hall–Kier alpha value is -2.67. The first-order valence-electron chi connectivity index (χ1n) is 12.1. The number of aryl methyl sites for hydroxylation is 1. The zero-order chi connectivity index (χ0) is 24.3. The van der Waals surface area contributed by atoms with E-state index in [2.05, 4.69) is 30.3 Å². The number of aliphatic hydroxyl groups excluding tert-OH is 1. The Morgan fingerprint density at radius 3 is 2.55 bits per heavy atom. The number of carbonyl (C=O) groups is 2. The second-order valence-electron chi connectivity index (χ2n) is 9.42. The van der Waals surface area contributed by atoms with Crippen molar-refractivity contribution in [2.45, 2.75) is 79.1 Å². The molecular formula is C26H38N4O3. The van der Waals surface area contributed by atoms with Gasteiger partial charge in [0.15, 0.2) is 0 Å². The molecule has 1 saturated heterocycles. The molecule has 0 radical (unpaired) electrons. The summed E-state index contributed by atoms with van der Waals surface area (Å²) in [6, 6.07) is 7.30. The molecule has 0 spiro atoms. The zero-order valence-electron chi connectivity index (χ0n) is 20.7. The van der Waals surface area contributed by atoms with Crippen LogP contribution in [0.1, 0.15) is 65.1 Å². The largest absolute Gasteiger partial charge is 0.391 e. The summed E-state index contributed by atoms with van der Waals surface area (Å²) in [6.07, 6.45) is 2.22. The van der Waals surface area contributed by atoms with E-state index in [0.29, 0.717) is 0 Å². The molecular weight excluding hydrogens is 416 g/mol. The number of carbonyl (C=O) groups excluding carboxylic acids is 2. The van der Waals surface area contributed by atoms with E-state index in [9.17, 15) is 14.7 Å². The highest BCUT2D eigenvalue weighted by Crippen LogP contribution is 2.31. The molecule has 33 heavy (non-hydrogen) atoms. The van der Waals surface area contributed by atoms with Crippen LogP contribution < -0.4 is 5.32 Å². The summed E-state index contributed by atoms with van der Waals surface area (Å²) in [5, 5.41) is 17.8. The van der Waals surface area contributed by atoms with Gasteiger partial charge in [0.05, 0.1) is 17.8 Å². The topological polar surface area (TPSA) is 87.5 Å². The first kappa shape index (κ1) is 25.0. The van der Waals surface area contributed by atoms with E-state index in [4.69, 9.17) is 0 Å². The lowest BCUT2D eigenvalue weighted by Crippen LogP contribution is -2.48. The minimum Gasteiger partial charge on any atom is -0.391 e. The van der Waals surface area contributed by atoms with Crippen molar-refractivity contribution in [3.8, 4) is 11.3 Å². The minimum absolute atomic E-state index is 0.0709. The van der Waals surface area contributed by atoms with Crippen LogP contribution in [0.3, 0.4) is 0 Å². The van der Waals surface area contributed by atoms with Gasteiger partial charge >= 0.3 is 0 Å². The van der Waals surface area contributed by atoms with Crippen molar-refractivity contribution >= 4 is 11.8 Å². The van der Waals surface area contributed by atoms with E-state index in [1.165, 1.54) is 5.56 Å². The molecule has 4 atom stereocenters. The second kappa shape index (κ2) is 10.5. The van der Waals surface area contributed by atoms with Crippen LogP contribution >= 0.6 is 0 Å². The molecule has 1 aromatic carbocycles. The van der Waals surface area contributed by atoms with E-state index in [0.717, 1.165) is 29.8 Å². The maximum atomic E-state index is 13.3. The van der Waals surface area contributed by atoms with Crippen molar-refractivity contribution in [1.82, 2.24) is 20.0 Å². The molecule has 7 nitrogen and oxygen atoms in total. The summed E-state index contributed by atoms with van der Waals surface area (Å²) in [7, 11) is 0. The number of nitrogens with one attached hydrogen (secondary N) is 1. The monoisotopic (exact) mass is 454 g/mol. The summed E-state index contributed by atoms with van der Waals surface area (Å²) >= 11 is 0. The van der Waals surface area contributed by atoms with Crippen LogP contribution in [-0.4, -0.2) is 50.3 Å². The minimum atomic E-state index is -0.678. The number of hydrogen-bond donors (Lipinski definition) is 2. The average molecular weight is 455 g/mol. The molecule has 180 valence electrons. The van der Waals surface area contributed by atoms with Gasteiger partial charge in [0.2, 0.25) is 11.8 Å². The van der Waals surface area contributed by atoms with Gasteiger partial charge in [-0.2, -0.15) is 5.10 Å². The van der Waals surface area contributed by atoms with Gasteiger partial charge in [-0.15, -0.1) is 0 Å². The third-order valence-corrected chi connectivity index (χ3v) is 6.94. The lowest BCUT2D eigenvalue weighted by molar-refractivity contribution is -0.142. The molecule has 2 amide bonds. The molecule has 1 aliphatic heterocycles. The van der Waals surface area contributed by atoms with Crippen molar-refractivity contribution < 1.29 is 14.7 Å². The number of benzene rings is 1.